The van der Waals surface area contributed by atoms with E-state index in [1.54, 1.807) is 6.21 Å². The van der Waals surface area contributed by atoms with Gasteiger partial charge in [-0.3, -0.25) is 4.79 Å². The maximum Gasteiger partial charge on any atom is 0.236 e. The Morgan fingerprint density at radius 1 is 1.42 bits per heavy atom. The van der Waals surface area contributed by atoms with Crippen molar-refractivity contribution in [1.82, 2.24) is 9.99 Å². The first-order chi connectivity index (χ1) is 9.08. The van der Waals surface area contributed by atoms with Crippen LogP contribution >= 0.6 is 11.6 Å². The van der Waals surface area contributed by atoms with Crippen molar-refractivity contribution in [1.29, 1.82) is 0 Å². The van der Waals surface area contributed by atoms with Gasteiger partial charge in [-0.25, -0.2) is 5.43 Å². The summed E-state index contributed by atoms with van der Waals surface area (Å²) >= 11 is 6.13. The molecule has 19 heavy (non-hydrogen) atoms. The van der Waals surface area contributed by atoms with Crippen LogP contribution < -0.4 is 5.43 Å². The predicted octanol–water partition coefficient (Wildman–Crippen LogP) is 2.91. The number of amides is 1. The van der Waals surface area contributed by atoms with Gasteiger partial charge in [0.05, 0.1) is 11.9 Å². The number of hydrazone groups is 1. The lowest BCUT2D eigenvalue weighted by atomic mass is 10.2. The standard InChI is InChI=1S/C14H14ClN3O/c1-10-5-6-12(8-14(10)15)18-7-3-4-13(18)9-16-17-11(2)19/h3-9H,1-2H3,(H,17,19)/b16-9-. The third kappa shape index (κ3) is 3.23. The summed E-state index contributed by atoms with van der Waals surface area (Å²) in [4.78, 5) is 10.8. The molecule has 2 aromatic rings. The molecular weight excluding hydrogens is 262 g/mol. The molecule has 1 heterocycles. The molecule has 4 nitrogen and oxygen atoms in total. The van der Waals surface area contributed by atoms with Gasteiger partial charge in [0.15, 0.2) is 0 Å². The number of nitrogens with zero attached hydrogens (tertiary/aromatic N) is 2. The summed E-state index contributed by atoms with van der Waals surface area (Å²) in [7, 11) is 0. The lowest BCUT2D eigenvalue weighted by molar-refractivity contribution is -0.118. The number of hydrogen-bond donors (Lipinski definition) is 1. The second kappa shape index (κ2) is 5.71. The highest BCUT2D eigenvalue weighted by Crippen LogP contribution is 2.20. The molecule has 0 aliphatic heterocycles. The van der Waals surface area contributed by atoms with Crippen molar-refractivity contribution in [3.63, 3.8) is 0 Å². The fourth-order valence-electron chi connectivity index (χ4n) is 1.66. The number of nitrogens with one attached hydrogen (secondary N) is 1. The molecule has 0 bridgehead atoms. The van der Waals surface area contributed by atoms with Crippen molar-refractivity contribution < 1.29 is 4.79 Å². The van der Waals surface area contributed by atoms with E-state index in [0.29, 0.717) is 0 Å². The van der Waals surface area contributed by atoms with E-state index in [4.69, 9.17) is 11.6 Å². The lowest BCUT2D eigenvalue weighted by Gasteiger charge is -2.08. The maximum absolute atomic E-state index is 10.8. The van der Waals surface area contributed by atoms with E-state index < -0.39 is 0 Å². The fraction of sp³-hybridized carbons (Fsp3) is 0.143. The molecular formula is C14H14ClN3O. The third-order valence-electron chi connectivity index (χ3n) is 2.63. The number of carbonyl (C=O) groups is 1. The SMILES string of the molecule is CC(=O)N/N=C\c1cccn1-c1ccc(C)c(Cl)c1. The number of hydrogen-bond acceptors (Lipinski definition) is 2. The van der Waals surface area contributed by atoms with Gasteiger partial charge < -0.3 is 4.57 Å². The maximum atomic E-state index is 10.8. The van der Waals surface area contributed by atoms with Crippen LogP contribution in [0.3, 0.4) is 0 Å². The molecule has 5 heteroatoms. The minimum atomic E-state index is -0.201. The van der Waals surface area contributed by atoms with E-state index in [9.17, 15) is 4.79 Å². The van der Waals surface area contributed by atoms with Gasteiger partial charge in [0.1, 0.15) is 0 Å². The molecule has 1 aromatic heterocycles. The van der Waals surface area contributed by atoms with Gasteiger partial charge in [-0.15, -0.1) is 0 Å². The molecule has 0 aliphatic carbocycles. The molecule has 1 N–H and O–H groups in total. The second-order valence-corrected chi connectivity index (χ2v) is 4.57. The number of benzene rings is 1. The lowest BCUT2D eigenvalue weighted by Crippen LogP contribution is -2.12. The Labute approximate surface area is 116 Å². The molecule has 0 saturated heterocycles. The van der Waals surface area contributed by atoms with Gasteiger partial charge in [-0.1, -0.05) is 17.7 Å². The van der Waals surface area contributed by atoms with Crippen LogP contribution in [0.5, 0.6) is 0 Å². The Balaban J connectivity index is 2.30. The monoisotopic (exact) mass is 275 g/mol. The topological polar surface area (TPSA) is 46.4 Å². The highest BCUT2D eigenvalue weighted by atomic mass is 35.5. The van der Waals surface area contributed by atoms with Crippen LogP contribution in [-0.2, 0) is 4.79 Å². The highest BCUT2D eigenvalue weighted by molar-refractivity contribution is 6.31. The molecule has 2 rings (SSSR count). The zero-order valence-corrected chi connectivity index (χ0v) is 11.5. The molecule has 0 saturated carbocycles. The van der Waals surface area contributed by atoms with Crippen LogP contribution in [0.1, 0.15) is 18.2 Å². The predicted molar refractivity (Wildman–Crippen MR) is 76.9 cm³/mol. The highest BCUT2D eigenvalue weighted by Gasteiger charge is 2.03. The molecule has 1 aromatic carbocycles. The number of carbonyl (C=O) groups excluding carboxylic acids is 1. The third-order valence-corrected chi connectivity index (χ3v) is 3.04. The van der Waals surface area contributed by atoms with E-state index >= 15 is 0 Å². The number of aryl methyl sites for hydroxylation is 1. The van der Waals surface area contributed by atoms with Crippen LogP contribution in [0, 0.1) is 6.92 Å². The summed E-state index contributed by atoms with van der Waals surface area (Å²) in [6.45, 7) is 3.37. The molecule has 0 unspecified atom stereocenters. The zero-order chi connectivity index (χ0) is 13.8. The number of aromatic nitrogens is 1. The Morgan fingerprint density at radius 3 is 2.89 bits per heavy atom. The normalized spacial score (nSPS) is 10.9. The Bertz CT molecular complexity index is 631. The van der Waals surface area contributed by atoms with Gasteiger partial charge in [0.2, 0.25) is 5.91 Å². The molecule has 0 spiro atoms. The van der Waals surface area contributed by atoms with Gasteiger partial charge in [-0.2, -0.15) is 5.10 Å². The summed E-state index contributed by atoms with van der Waals surface area (Å²) in [6.07, 6.45) is 3.51. The van der Waals surface area contributed by atoms with Crippen molar-refractivity contribution in [3.8, 4) is 5.69 Å². The van der Waals surface area contributed by atoms with Crippen molar-refractivity contribution in [2.75, 3.05) is 0 Å². The summed E-state index contributed by atoms with van der Waals surface area (Å²) in [6, 6.07) is 9.65. The fourth-order valence-corrected chi connectivity index (χ4v) is 1.83. The molecule has 0 radical (unpaired) electrons. The first-order valence-electron chi connectivity index (χ1n) is 5.81. The quantitative estimate of drug-likeness (QED) is 0.679. The van der Waals surface area contributed by atoms with Crippen molar-refractivity contribution in [2.24, 2.45) is 5.10 Å². The van der Waals surface area contributed by atoms with Gasteiger partial charge in [0, 0.05) is 23.8 Å². The van der Waals surface area contributed by atoms with E-state index in [0.717, 1.165) is 22.0 Å². The Morgan fingerprint density at radius 2 is 2.21 bits per heavy atom. The summed E-state index contributed by atoms with van der Waals surface area (Å²) in [5, 5.41) is 4.58. The summed E-state index contributed by atoms with van der Waals surface area (Å²) in [5.74, 6) is -0.201. The van der Waals surface area contributed by atoms with Gasteiger partial charge in [-0.05, 0) is 36.8 Å². The van der Waals surface area contributed by atoms with Crippen LogP contribution in [0.4, 0.5) is 0 Å². The Kier molecular flexibility index (Phi) is 4.02. The number of rotatable bonds is 3. The molecule has 0 aliphatic rings. The van der Waals surface area contributed by atoms with Gasteiger partial charge >= 0.3 is 0 Å². The molecule has 0 fully saturated rings. The van der Waals surface area contributed by atoms with Crippen molar-refractivity contribution in [3.05, 3.63) is 52.8 Å². The Hall–Kier alpha value is -2.07. The van der Waals surface area contributed by atoms with E-state index in [2.05, 4.69) is 10.5 Å². The first kappa shape index (κ1) is 13.4. The molecule has 98 valence electrons. The molecule has 0 atom stereocenters. The van der Waals surface area contributed by atoms with Crippen LogP contribution in [0.2, 0.25) is 5.02 Å². The zero-order valence-electron chi connectivity index (χ0n) is 10.7. The first-order valence-corrected chi connectivity index (χ1v) is 6.19. The van der Waals surface area contributed by atoms with Crippen LogP contribution in [-0.4, -0.2) is 16.7 Å². The second-order valence-electron chi connectivity index (χ2n) is 4.16. The van der Waals surface area contributed by atoms with Gasteiger partial charge in [0.25, 0.3) is 0 Å². The van der Waals surface area contributed by atoms with Crippen LogP contribution in [0.15, 0.2) is 41.6 Å². The smallest absolute Gasteiger partial charge is 0.236 e. The van der Waals surface area contributed by atoms with Crippen molar-refractivity contribution >= 4 is 23.7 Å². The number of halogens is 1. The average molecular weight is 276 g/mol. The molecule has 1 amide bonds. The largest absolute Gasteiger partial charge is 0.316 e. The minimum Gasteiger partial charge on any atom is -0.316 e. The summed E-state index contributed by atoms with van der Waals surface area (Å²) in [5.41, 5.74) is 5.21. The van der Waals surface area contributed by atoms with Crippen molar-refractivity contribution in [2.45, 2.75) is 13.8 Å². The average Bonchev–Trinajstić information content (AvgIpc) is 2.80. The van der Waals surface area contributed by atoms with E-state index in [1.807, 2.05) is 48.0 Å². The van der Waals surface area contributed by atoms with E-state index in [-0.39, 0.29) is 5.91 Å². The summed E-state index contributed by atoms with van der Waals surface area (Å²) < 4.78 is 1.94. The van der Waals surface area contributed by atoms with Crippen LogP contribution in [0.25, 0.3) is 5.69 Å². The van der Waals surface area contributed by atoms with E-state index in [1.165, 1.54) is 6.92 Å². The minimum absolute atomic E-state index is 0.201.